The molecule has 3 aliphatic heterocycles. The van der Waals surface area contributed by atoms with E-state index in [0.29, 0.717) is 12.5 Å². The van der Waals surface area contributed by atoms with Gasteiger partial charge in [-0.05, 0) is 43.9 Å². The first-order chi connectivity index (χ1) is 22.0. The quantitative estimate of drug-likeness (QED) is 0.221. The number of guanidine groups is 1. The third-order valence-corrected chi connectivity index (χ3v) is 9.87. The van der Waals surface area contributed by atoms with E-state index < -0.39 is 52.9 Å². The Morgan fingerprint density at radius 3 is 2.13 bits per heavy atom. The summed E-state index contributed by atoms with van der Waals surface area (Å²) in [4.78, 5) is 14.4. The molecule has 0 aromatic heterocycles. The number of esters is 1. The largest absolute Gasteiger partial charge is 0.452 e. The number of ether oxygens (including phenoxy) is 4. The van der Waals surface area contributed by atoms with Gasteiger partial charge in [-0.1, -0.05) is 91.0 Å². The van der Waals surface area contributed by atoms with Crippen LogP contribution in [0.3, 0.4) is 0 Å². The number of fused-ring (bicyclic) bond motifs is 1. The Morgan fingerprint density at radius 2 is 1.52 bits per heavy atom. The summed E-state index contributed by atoms with van der Waals surface area (Å²) in [6, 6.07) is 29.2. The van der Waals surface area contributed by atoms with Gasteiger partial charge in [0.15, 0.2) is 17.4 Å². The topological polar surface area (TPSA) is 122 Å². The molecule has 3 heterocycles. The van der Waals surface area contributed by atoms with Gasteiger partial charge in [-0.2, -0.15) is 0 Å². The second kappa shape index (κ2) is 11.5. The summed E-state index contributed by atoms with van der Waals surface area (Å²) in [5.74, 6) is -1.95. The molecule has 10 nitrogen and oxygen atoms in total. The van der Waals surface area contributed by atoms with Crippen molar-refractivity contribution in [2.45, 2.75) is 87.9 Å². The van der Waals surface area contributed by atoms with Crippen molar-refractivity contribution in [3.8, 4) is 0 Å². The van der Waals surface area contributed by atoms with Gasteiger partial charge in [-0.25, -0.2) is 9.37 Å². The highest BCUT2D eigenvalue weighted by molar-refractivity contribution is 5.89. The van der Waals surface area contributed by atoms with Crippen molar-refractivity contribution in [3.63, 3.8) is 0 Å². The first-order valence-electron chi connectivity index (χ1n) is 15.9. The maximum Gasteiger partial charge on any atom is 0.380 e. The number of rotatable bonds is 8. The van der Waals surface area contributed by atoms with Crippen LogP contribution in [0.25, 0.3) is 0 Å². The Kier molecular flexibility index (Phi) is 7.69. The molecule has 1 aliphatic carbocycles. The molecule has 242 valence electrons. The Balaban J connectivity index is 1.38. The fourth-order valence-corrected chi connectivity index (χ4v) is 7.72. The zero-order valence-corrected chi connectivity index (χ0v) is 26.4. The molecule has 4 aliphatic rings. The van der Waals surface area contributed by atoms with Crippen molar-refractivity contribution < 1.29 is 38.5 Å². The highest BCUT2D eigenvalue weighted by Crippen LogP contribution is 2.56. The van der Waals surface area contributed by atoms with Crippen molar-refractivity contribution in [3.05, 3.63) is 108 Å². The molecule has 46 heavy (non-hydrogen) atoms. The number of hydrogen-bond acceptors (Lipinski definition) is 9. The van der Waals surface area contributed by atoms with E-state index in [4.69, 9.17) is 18.9 Å². The number of nitrogens with zero attached hydrogens (tertiary/aromatic N) is 1. The van der Waals surface area contributed by atoms with Gasteiger partial charge in [0.05, 0.1) is 32.4 Å². The SMILES string of the molecule is CC1(C)OC[C@H]([C@H]2C[C@](C)(O)[C@H]3OC(=O)[C@]4(O)[N+](Cc5ccccc5)=C(NCc5ccccc5)N[C@@]24[C@H]3OCc2ccccc2)O1. The summed E-state index contributed by atoms with van der Waals surface area (Å²) < 4.78 is 26.9. The van der Waals surface area contributed by atoms with Crippen LogP contribution in [-0.2, 0) is 43.4 Å². The minimum atomic E-state index is -2.25. The summed E-state index contributed by atoms with van der Waals surface area (Å²) >= 11 is 0. The Morgan fingerprint density at radius 1 is 0.913 bits per heavy atom. The van der Waals surface area contributed by atoms with Crippen LogP contribution < -0.4 is 10.6 Å². The average molecular weight is 629 g/mol. The Labute approximate surface area is 269 Å². The number of carbonyl (C=O) groups excluding carboxylic acids is 1. The summed E-state index contributed by atoms with van der Waals surface area (Å²) in [5, 5.41) is 32.2. The van der Waals surface area contributed by atoms with Crippen LogP contribution in [0.4, 0.5) is 0 Å². The molecule has 0 radical (unpaired) electrons. The first-order valence-corrected chi connectivity index (χ1v) is 15.9. The predicted octanol–water partition coefficient (Wildman–Crippen LogP) is 2.81. The molecule has 0 unspecified atom stereocenters. The molecule has 2 saturated heterocycles. The molecule has 4 N–H and O–H groups in total. The van der Waals surface area contributed by atoms with Gasteiger partial charge in [0.2, 0.25) is 0 Å². The van der Waals surface area contributed by atoms with Crippen LogP contribution in [0.2, 0.25) is 0 Å². The maximum absolute atomic E-state index is 14.4. The summed E-state index contributed by atoms with van der Waals surface area (Å²) in [6.07, 6.45) is -2.48. The van der Waals surface area contributed by atoms with Crippen LogP contribution in [0.5, 0.6) is 0 Å². The van der Waals surface area contributed by atoms with Crippen molar-refractivity contribution in [2.24, 2.45) is 5.92 Å². The minimum absolute atomic E-state index is 0.153. The van der Waals surface area contributed by atoms with Crippen LogP contribution in [0.1, 0.15) is 43.9 Å². The van der Waals surface area contributed by atoms with Crippen LogP contribution >= 0.6 is 0 Å². The van der Waals surface area contributed by atoms with E-state index in [-0.39, 0.29) is 26.2 Å². The second-order valence-corrected chi connectivity index (χ2v) is 13.5. The summed E-state index contributed by atoms with van der Waals surface area (Å²) in [6.45, 7) is 6.32. The van der Waals surface area contributed by atoms with Gasteiger partial charge < -0.3 is 29.2 Å². The standard InChI is InChI=1S/C36H41N3O7/c1-33(2)44-23-28(46-33)27-19-34(3,41)29-30(43-22-26-17-11-6-12-18-26)35(27)36(42,31(40)45-29)39(21-25-15-9-5-10-16-25)32(38-35)37-20-24-13-7-4-8-14-24/h4-18,27-30,41-42H,19-23H2,1-3H3,(H,37,38)/p+1/t27-,28-,29+,30+,34+,35-,36-/m1/s1. The number of nitrogens with one attached hydrogen (secondary N) is 2. The third kappa shape index (κ3) is 5.09. The monoisotopic (exact) mass is 628 g/mol. The highest BCUT2D eigenvalue weighted by Gasteiger charge is 2.84. The van der Waals surface area contributed by atoms with Gasteiger partial charge in [0, 0.05) is 5.92 Å². The van der Waals surface area contributed by atoms with E-state index in [2.05, 4.69) is 10.6 Å². The molecule has 3 aromatic rings. The first kappa shape index (κ1) is 30.8. The van der Waals surface area contributed by atoms with E-state index in [9.17, 15) is 15.0 Å². The molecule has 10 heteroatoms. The lowest BCUT2D eigenvalue weighted by atomic mass is 9.57. The third-order valence-electron chi connectivity index (χ3n) is 9.87. The molecule has 3 aromatic carbocycles. The molecule has 7 rings (SSSR count). The van der Waals surface area contributed by atoms with Crippen molar-refractivity contribution >= 4 is 11.9 Å². The van der Waals surface area contributed by atoms with Gasteiger partial charge in [-0.3, -0.25) is 10.6 Å². The molecule has 1 saturated carbocycles. The van der Waals surface area contributed by atoms with Gasteiger partial charge in [0.1, 0.15) is 11.7 Å². The van der Waals surface area contributed by atoms with Crippen molar-refractivity contribution in [1.29, 1.82) is 0 Å². The highest BCUT2D eigenvalue weighted by atomic mass is 16.7. The number of benzene rings is 3. The lowest BCUT2D eigenvalue weighted by Crippen LogP contribution is -2.86. The molecule has 1 spiro atoms. The fraction of sp³-hybridized carbons (Fsp3) is 0.444. The summed E-state index contributed by atoms with van der Waals surface area (Å²) in [7, 11) is 0. The number of aliphatic hydroxyl groups is 2. The van der Waals surface area contributed by atoms with Gasteiger partial charge in [-0.15, -0.1) is 0 Å². The normalized spacial score (nSPS) is 34.5. The molecule has 0 amide bonds. The predicted molar refractivity (Wildman–Crippen MR) is 168 cm³/mol. The fourth-order valence-electron chi connectivity index (χ4n) is 7.72. The van der Waals surface area contributed by atoms with E-state index in [1.165, 1.54) is 0 Å². The zero-order chi connectivity index (χ0) is 32.2. The van der Waals surface area contributed by atoms with Crippen molar-refractivity contribution in [1.82, 2.24) is 10.6 Å². The molecule has 3 fully saturated rings. The minimum Gasteiger partial charge on any atom is -0.452 e. The van der Waals surface area contributed by atoms with Gasteiger partial charge in [0.25, 0.3) is 0 Å². The van der Waals surface area contributed by atoms with E-state index in [0.717, 1.165) is 16.7 Å². The van der Waals surface area contributed by atoms with E-state index in [1.54, 1.807) is 11.5 Å². The lowest BCUT2D eigenvalue weighted by Gasteiger charge is -2.59. The van der Waals surface area contributed by atoms with Crippen LogP contribution in [-0.4, -0.2) is 74.3 Å². The molecule has 7 atom stereocenters. The second-order valence-electron chi connectivity index (χ2n) is 13.5. The van der Waals surface area contributed by atoms with Gasteiger partial charge >= 0.3 is 17.7 Å². The van der Waals surface area contributed by atoms with E-state index >= 15 is 0 Å². The smallest absolute Gasteiger partial charge is 0.380 e. The lowest BCUT2D eigenvalue weighted by molar-refractivity contribution is -0.666. The Hall–Kier alpha value is -3.80. The van der Waals surface area contributed by atoms with Crippen LogP contribution in [0, 0.1) is 5.92 Å². The van der Waals surface area contributed by atoms with Crippen LogP contribution in [0.15, 0.2) is 91.0 Å². The number of hydrogen-bond donors (Lipinski definition) is 4. The summed E-state index contributed by atoms with van der Waals surface area (Å²) in [5.41, 5.74) is -2.45. The van der Waals surface area contributed by atoms with Crippen molar-refractivity contribution in [2.75, 3.05) is 6.61 Å². The molecular formula is C36H42N3O7+. The number of carbonyl (C=O) groups is 1. The molecule has 2 bridgehead atoms. The average Bonchev–Trinajstić information content (AvgIpc) is 3.54. The van der Waals surface area contributed by atoms with E-state index in [1.807, 2.05) is 105 Å². The zero-order valence-electron chi connectivity index (χ0n) is 26.4. The maximum atomic E-state index is 14.4. The Bertz CT molecular complexity index is 1600. The molecular weight excluding hydrogens is 586 g/mol.